The Morgan fingerprint density at radius 3 is 2.25 bits per heavy atom. The molecule has 0 aliphatic rings. The van der Waals surface area contributed by atoms with Crippen molar-refractivity contribution in [2.24, 2.45) is 0 Å². The molecule has 0 unspecified atom stereocenters. The average molecular weight is 428 g/mol. The highest BCUT2D eigenvalue weighted by Crippen LogP contribution is 2.13. The Hall–Kier alpha value is -3.51. The van der Waals surface area contributed by atoms with Gasteiger partial charge in [-0.15, -0.1) is 5.10 Å². The van der Waals surface area contributed by atoms with E-state index < -0.39 is 0 Å². The predicted octanol–water partition coefficient (Wildman–Crippen LogP) is 4.25. The van der Waals surface area contributed by atoms with Gasteiger partial charge in [0.25, 0.3) is 5.91 Å². The molecule has 0 bridgehead atoms. The molecule has 32 heavy (non-hydrogen) atoms. The van der Waals surface area contributed by atoms with Crippen LogP contribution in [0.4, 0.5) is 0 Å². The largest absolute Gasteiger partial charge is 0.348 e. The first-order valence-corrected chi connectivity index (χ1v) is 11.1. The summed E-state index contributed by atoms with van der Waals surface area (Å²) in [6.45, 7) is 8.52. The molecular formula is C26H29N5O. The van der Waals surface area contributed by atoms with E-state index in [4.69, 9.17) is 0 Å². The number of nitrogens with one attached hydrogen (secondary N) is 1. The Morgan fingerprint density at radius 1 is 0.875 bits per heavy atom. The highest BCUT2D eigenvalue weighted by atomic mass is 16.1. The summed E-state index contributed by atoms with van der Waals surface area (Å²) < 4.78 is 1.87. The maximum absolute atomic E-state index is 12.6. The zero-order valence-electron chi connectivity index (χ0n) is 18.7. The molecule has 1 heterocycles. The molecular weight excluding hydrogens is 398 g/mol. The van der Waals surface area contributed by atoms with Crippen molar-refractivity contribution >= 4 is 16.9 Å². The summed E-state index contributed by atoms with van der Waals surface area (Å²) in [5.74, 6) is -0.0741. The zero-order chi connectivity index (χ0) is 22.3. The van der Waals surface area contributed by atoms with Crippen molar-refractivity contribution in [3.63, 3.8) is 0 Å². The van der Waals surface area contributed by atoms with Gasteiger partial charge >= 0.3 is 0 Å². The summed E-state index contributed by atoms with van der Waals surface area (Å²) in [7, 11) is 0. The van der Waals surface area contributed by atoms with Crippen molar-refractivity contribution in [3.05, 3.63) is 95.1 Å². The number of fused-ring (bicyclic) bond motifs is 1. The van der Waals surface area contributed by atoms with Gasteiger partial charge in [0.1, 0.15) is 5.52 Å². The van der Waals surface area contributed by atoms with Crippen LogP contribution in [0.2, 0.25) is 0 Å². The predicted molar refractivity (Wildman–Crippen MR) is 127 cm³/mol. The lowest BCUT2D eigenvalue weighted by Gasteiger charge is -2.18. The molecule has 0 spiro atoms. The van der Waals surface area contributed by atoms with E-state index in [2.05, 4.69) is 58.6 Å². The maximum Gasteiger partial charge on any atom is 0.251 e. The van der Waals surface area contributed by atoms with E-state index in [1.165, 1.54) is 5.56 Å². The molecule has 0 saturated heterocycles. The normalized spacial score (nSPS) is 11.2. The van der Waals surface area contributed by atoms with Crippen LogP contribution >= 0.6 is 0 Å². The SMILES string of the molecule is CCN(CC)Cc1ccc(CNC(=O)c2ccc(Cn3nnc4ccccc43)cc2)cc1. The van der Waals surface area contributed by atoms with Gasteiger partial charge in [-0.05, 0) is 54.0 Å². The number of hydrogen-bond acceptors (Lipinski definition) is 4. The Labute approximate surface area is 188 Å². The molecule has 1 amide bonds. The van der Waals surface area contributed by atoms with Crippen LogP contribution in [-0.4, -0.2) is 38.9 Å². The van der Waals surface area contributed by atoms with Crippen LogP contribution in [0.25, 0.3) is 11.0 Å². The maximum atomic E-state index is 12.6. The monoisotopic (exact) mass is 427 g/mol. The Morgan fingerprint density at radius 2 is 1.53 bits per heavy atom. The van der Waals surface area contributed by atoms with Crippen LogP contribution in [0.1, 0.15) is 40.9 Å². The number of hydrogen-bond donors (Lipinski definition) is 1. The molecule has 6 nitrogen and oxygen atoms in total. The number of benzene rings is 3. The third-order valence-corrected chi connectivity index (χ3v) is 5.75. The van der Waals surface area contributed by atoms with Crippen molar-refractivity contribution in [3.8, 4) is 0 Å². The van der Waals surface area contributed by atoms with Crippen LogP contribution in [0.5, 0.6) is 0 Å². The van der Waals surface area contributed by atoms with Crippen LogP contribution in [0.3, 0.4) is 0 Å². The molecule has 0 aliphatic heterocycles. The van der Waals surface area contributed by atoms with Gasteiger partial charge in [0.15, 0.2) is 0 Å². The number of rotatable bonds is 9. The Kier molecular flexibility index (Phi) is 6.92. The summed E-state index contributed by atoms with van der Waals surface area (Å²) in [5.41, 5.74) is 5.98. The summed E-state index contributed by atoms with van der Waals surface area (Å²) in [4.78, 5) is 14.9. The van der Waals surface area contributed by atoms with Gasteiger partial charge in [-0.2, -0.15) is 0 Å². The van der Waals surface area contributed by atoms with E-state index in [0.29, 0.717) is 18.7 Å². The minimum atomic E-state index is -0.0741. The minimum Gasteiger partial charge on any atom is -0.348 e. The van der Waals surface area contributed by atoms with Crippen molar-refractivity contribution in [1.82, 2.24) is 25.2 Å². The molecule has 3 aromatic carbocycles. The van der Waals surface area contributed by atoms with Crippen molar-refractivity contribution in [1.29, 1.82) is 0 Å². The molecule has 4 aromatic rings. The number of amides is 1. The second-order valence-corrected chi connectivity index (χ2v) is 7.89. The smallest absolute Gasteiger partial charge is 0.251 e. The number of carbonyl (C=O) groups is 1. The van der Waals surface area contributed by atoms with Crippen LogP contribution in [0.15, 0.2) is 72.8 Å². The van der Waals surface area contributed by atoms with E-state index in [1.807, 2.05) is 53.2 Å². The quantitative estimate of drug-likeness (QED) is 0.434. The highest BCUT2D eigenvalue weighted by molar-refractivity contribution is 5.94. The molecule has 164 valence electrons. The van der Waals surface area contributed by atoms with Gasteiger partial charge in [-0.3, -0.25) is 9.69 Å². The first-order valence-electron chi connectivity index (χ1n) is 11.1. The van der Waals surface area contributed by atoms with E-state index >= 15 is 0 Å². The molecule has 0 atom stereocenters. The number of carbonyl (C=O) groups excluding carboxylic acids is 1. The first kappa shape index (κ1) is 21.7. The van der Waals surface area contributed by atoms with Crippen LogP contribution in [0, 0.1) is 0 Å². The average Bonchev–Trinajstić information content (AvgIpc) is 3.25. The molecule has 0 radical (unpaired) electrons. The fourth-order valence-corrected chi connectivity index (χ4v) is 3.72. The van der Waals surface area contributed by atoms with E-state index in [9.17, 15) is 4.79 Å². The third kappa shape index (κ3) is 5.21. The second kappa shape index (κ2) is 10.2. The number of aromatic nitrogens is 3. The highest BCUT2D eigenvalue weighted by Gasteiger charge is 2.08. The van der Waals surface area contributed by atoms with Gasteiger partial charge in [0, 0.05) is 18.7 Å². The third-order valence-electron chi connectivity index (χ3n) is 5.75. The minimum absolute atomic E-state index is 0.0741. The first-order chi connectivity index (χ1) is 15.7. The van der Waals surface area contributed by atoms with Crippen molar-refractivity contribution in [2.45, 2.75) is 33.5 Å². The molecule has 1 aromatic heterocycles. The fraction of sp³-hybridized carbons (Fsp3) is 0.269. The summed E-state index contributed by atoms with van der Waals surface area (Å²) in [6, 6.07) is 24.0. The summed E-state index contributed by atoms with van der Waals surface area (Å²) in [5, 5.41) is 11.4. The molecule has 1 N–H and O–H groups in total. The summed E-state index contributed by atoms with van der Waals surface area (Å²) in [6.07, 6.45) is 0. The fourth-order valence-electron chi connectivity index (χ4n) is 3.72. The van der Waals surface area contributed by atoms with Gasteiger partial charge in [0.05, 0.1) is 12.1 Å². The van der Waals surface area contributed by atoms with Gasteiger partial charge < -0.3 is 5.32 Å². The lowest BCUT2D eigenvalue weighted by Crippen LogP contribution is -2.23. The summed E-state index contributed by atoms with van der Waals surface area (Å²) >= 11 is 0. The lowest BCUT2D eigenvalue weighted by molar-refractivity contribution is 0.0951. The van der Waals surface area contributed by atoms with Gasteiger partial charge in [-0.25, -0.2) is 4.68 Å². The molecule has 0 aliphatic carbocycles. The van der Waals surface area contributed by atoms with Crippen LogP contribution < -0.4 is 5.32 Å². The van der Waals surface area contributed by atoms with Crippen molar-refractivity contribution < 1.29 is 4.79 Å². The zero-order valence-corrected chi connectivity index (χ0v) is 18.7. The van der Waals surface area contributed by atoms with Crippen LogP contribution in [-0.2, 0) is 19.6 Å². The molecule has 4 rings (SSSR count). The van der Waals surface area contributed by atoms with Gasteiger partial charge in [0.2, 0.25) is 0 Å². The topological polar surface area (TPSA) is 63.1 Å². The van der Waals surface area contributed by atoms with E-state index in [-0.39, 0.29) is 5.91 Å². The standard InChI is InChI=1S/C26H29N5O/c1-3-30(4-2)18-21-11-9-20(10-12-21)17-27-26(32)23-15-13-22(14-16-23)19-31-25-8-6-5-7-24(25)28-29-31/h5-16H,3-4,17-19H2,1-2H3,(H,27,32). The molecule has 0 saturated carbocycles. The second-order valence-electron chi connectivity index (χ2n) is 7.89. The number of nitrogens with zero attached hydrogens (tertiary/aromatic N) is 4. The van der Waals surface area contributed by atoms with E-state index in [1.54, 1.807) is 0 Å². The lowest BCUT2D eigenvalue weighted by atomic mass is 10.1. The Bertz CT molecular complexity index is 1160. The van der Waals surface area contributed by atoms with Gasteiger partial charge in [-0.1, -0.05) is 67.6 Å². The van der Waals surface area contributed by atoms with E-state index in [0.717, 1.165) is 41.8 Å². The number of para-hydroxylation sites is 1. The molecule has 0 fully saturated rings. The van der Waals surface area contributed by atoms with Crippen molar-refractivity contribution in [2.75, 3.05) is 13.1 Å². The molecule has 6 heteroatoms. The Balaban J connectivity index is 1.32.